The Morgan fingerprint density at radius 3 is 2.19 bits per heavy atom. The van der Waals surface area contributed by atoms with E-state index in [0.29, 0.717) is 24.4 Å². The Morgan fingerprint density at radius 1 is 1.19 bits per heavy atom. The van der Waals surface area contributed by atoms with E-state index in [1.807, 2.05) is 0 Å². The molecule has 1 atom stereocenters. The Balaban J connectivity index is 2.30. The van der Waals surface area contributed by atoms with Crippen molar-refractivity contribution in [1.82, 2.24) is 0 Å². The zero-order valence-electron chi connectivity index (χ0n) is 8.96. The van der Waals surface area contributed by atoms with Crippen LogP contribution in [0.4, 0.5) is 0 Å². The van der Waals surface area contributed by atoms with Crippen LogP contribution in [0, 0.1) is 5.41 Å². The van der Waals surface area contributed by atoms with Gasteiger partial charge in [-0.15, -0.1) is 0 Å². The normalized spacial score (nSPS) is 23.0. The highest BCUT2D eigenvalue weighted by atomic mass is 32.2. The van der Waals surface area contributed by atoms with Gasteiger partial charge in [0.05, 0.1) is 10.1 Å². The Kier molecular flexibility index (Phi) is 2.77. The summed E-state index contributed by atoms with van der Waals surface area (Å²) >= 11 is 0. The molecule has 0 bridgehead atoms. The lowest BCUT2D eigenvalue weighted by Crippen LogP contribution is -2.31. The summed E-state index contributed by atoms with van der Waals surface area (Å²) in [6.07, 6.45) is 0.581. The average Bonchev–Trinajstić information content (AvgIpc) is 3.06. The molecule has 5 heteroatoms. The van der Waals surface area contributed by atoms with Gasteiger partial charge in [0, 0.05) is 18.5 Å². The molecule has 0 heterocycles. The molecule has 1 saturated carbocycles. The van der Waals surface area contributed by atoms with Gasteiger partial charge in [0.2, 0.25) is 0 Å². The lowest BCUT2D eigenvalue weighted by molar-refractivity contribution is 0.525. The summed E-state index contributed by atoms with van der Waals surface area (Å²) in [6, 6.07) is 8.48. The van der Waals surface area contributed by atoms with E-state index in [4.69, 9.17) is 11.5 Å². The summed E-state index contributed by atoms with van der Waals surface area (Å²) < 4.78 is 24.4. The van der Waals surface area contributed by atoms with Crippen LogP contribution in [0.25, 0.3) is 0 Å². The van der Waals surface area contributed by atoms with E-state index in [1.165, 1.54) is 0 Å². The van der Waals surface area contributed by atoms with Crippen LogP contribution < -0.4 is 11.5 Å². The molecular formula is C11H16N2O2S. The van der Waals surface area contributed by atoms with Crippen molar-refractivity contribution in [1.29, 1.82) is 0 Å². The van der Waals surface area contributed by atoms with Crippen molar-refractivity contribution in [3.05, 3.63) is 30.3 Å². The van der Waals surface area contributed by atoms with Crippen LogP contribution in [0.15, 0.2) is 35.2 Å². The van der Waals surface area contributed by atoms with Crippen molar-refractivity contribution < 1.29 is 8.42 Å². The Hall–Kier alpha value is -0.910. The maximum absolute atomic E-state index is 12.2. The zero-order valence-corrected chi connectivity index (χ0v) is 9.78. The summed E-state index contributed by atoms with van der Waals surface area (Å²) in [5.41, 5.74) is 10.8. The first-order chi connectivity index (χ1) is 7.57. The number of nitrogens with two attached hydrogens (primary N) is 2. The Labute approximate surface area is 95.6 Å². The molecular weight excluding hydrogens is 224 g/mol. The molecule has 1 aliphatic carbocycles. The van der Waals surface area contributed by atoms with Crippen molar-refractivity contribution in [3.8, 4) is 0 Å². The predicted molar refractivity (Wildman–Crippen MR) is 62.6 cm³/mol. The molecule has 2 rings (SSSR count). The van der Waals surface area contributed by atoms with Gasteiger partial charge in [0.1, 0.15) is 0 Å². The molecule has 0 radical (unpaired) electrons. The quantitative estimate of drug-likeness (QED) is 0.783. The Bertz CT molecular complexity index is 466. The topological polar surface area (TPSA) is 86.2 Å². The van der Waals surface area contributed by atoms with E-state index in [9.17, 15) is 8.42 Å². The molecule has 1 fully saturated rings. The molecule has 0 amide bonds. The van der Waals surface area contributed by atoms with E-state index in [1.54, 1.807) is 30.3 Å². The fourth-order valence-corrected chi connectivity index (χ4v) is 4.30. The third-order valence-electron chi connectivity index (χ3n) is 3.37. The van der Waals surface area contributed by atoms with Gasteiger partial charge in [-0.3, -0.25) is 0 Å². The monoisotopic (exact) mass is 240 g/mol. The molecule has 0 aliphatic heterocycles. The molecule has 88 valence electrons. The van der Waals surface area contributed by atoms with Gasteiger partial charge in [0.15, 0.2) is 9.84 Å². The second kappa shape index (κ2) is 3.84. The minimum absolute atomic E-state index is 0.334. The minimum atomic E-state index is -3.26. The van der Waals surface area contributed by atoms with Gasteiger partial charge >= 0.3 is 0 Å². The molecule has 1 unspecified atom stereocenters. The highest BCUT2D eigenvalue weighted by Crippen LogP contribution is 2.50. The molecule has 1 aromatic carbocycles. The number of hydrogen-bond acceptors (Lipinski definition) is 4. The van der Waals surface area contributed by atoms with Crippen LogP contribution in [0.3, 0.4) is 0 Å². The molecule has 16 heavy (non-hydrogen) atoms. The number of rotatable bonds is 4. The van der Waals surface area contributed by atoms with Gasteiger partial charge in [-0.05, 0) is 18.6 Å². The van der Waals surface area contributed by atoms with Crippen LogP contribution in [0.2, 0.25) is 0 Å². The summed E-state index contributed by atoms with van der Waals surface area (Å²) in [7, 11) is -3.26. The second-order valence-electron chi connectivity index (χ2n) is 4.32. The molecule has 4 N–H and O–H groups in total. The van der Waals surface area contributed by atoms with Crippen molar-refractivity contribution in [2.75, 3.05) is 13.1 Å². The predicted octanol–water partition coefficient (Wildman–Crippen LogP) is 0.136. The lowest BCUT2D eigenvalue weighted by atomic mass is 10.1. The van der Waals surface area contributed by atoms with Crippen molar-refractivity contribution in [2.24, 2.45) is 16.9 Å². The van der Waals surface area contributed by atoms with E-state index in [2.05, 4.69) is 0 Å². The standard InChI is InChI=1S/C11H16N2O2S/c12-7-11(8-13)6-10(11)16(14,15)9-4-2-1-3-5-9/h1-5,10H,6-8,12-13H2. The van der Waals surface area contributed by atoms with E-state index in [0.717, 1.165) is 0 Å². The minimum Gasteiger partial charge on any atom is -0.330 e. The van der Waals surface area contributed by atoms with Gasteiger partial charge in [-0.2, -0.15) is 0 Å². The average molecular weight is 240 g/mol. The molecule has 1 aliphatic rings. The number of benzene rings is 1. The highest BCUT2D eigenvalue weighted by Gasteiger charge is 2.59. The smallest absolute Gasteiger partial charge is 0.181 e. The molecule has 0 aromatic heterocycles. The second-order valence-corrected chi connectivity index (χ2v) is 6.45. The maximum atomic E-state index is 12.2. The van der Waals surface area contributed by atoms with E-state index in [-0.39, 0.29) is 0 Å². The van der Waals surface area contributed by atoms with Crippen molar-refractivity contribution in [3.63, 3.8) is 0 Å². The van der Waals surface area contributed by atoms with Crippen LogP contribution in [0.1, 0.15) is 6.42 Å². The Morgan fingerprint density at radius 2 is 1.75 bits per heavy atom. The fraction of sp³-hybridized carbons (Fsp3) is 0.455. The lowest BCUT2D eigenvalue weighted by Gasteiger charge is -2.12. The van der Waals surface area contributed by atoms with Crippen molar-refractivity contribution in [2.45, 2.75) is 16.6 Å². The maximum Gasteiger partial charge on any atom is 0.181 e. The van der Waals surface area contributed by atoms with Gasteiger partial charge in [-0.25, -0.2) is 8.42 Å². The van der Waals surface area contributed by atoms with E-state index >= 15 is 0 Å². The van der Waals surface area contributed by atoms with Gasteiger partial charge in [-0.1, -0.05) is 18.2 Å². The van der Waals surface area contributed by atoms with Gasteiger partial charge in [0.25, 0.3) is 0 Å². The van der Waals surface area contributed by atoms with Crippen LogP contribution in [-0.2, 0) is 9.84 Å². The largest absolute Gasteiger partial charge is 0.330 e. The third-order valence-corrected chi connectivity index (χ3v) is 5.72. The highest BCUT2D eigenvalue weighted by molar-refractivity contribution is 7.92. The number of sulfone groups is 1. The first kappa shape index (κ1) is 11.6. The first-order valence-corrected chi connectivity index (χ1v) is 6.80. The SMILES string of the molecule is NCC1(CN)CC1S(=O)(=O)c1ccccc1. The van der Waals surface area contributed by atoms with E-state index < -0.39 is 20.5 Å². The molecule has 0 spiro atoms. The zero-order chi connectivity index (χ0) is 11.8. The third kappa shape index (κ3) is 1.65. The molecule has 1 aromatic rings. The van der Waals surface area contributed by atoms with Crippen molar-refractivity contribution >= 4 is 9.84 Å². The summed E-state index contributed by atoms with van der Waals surface area (Å²) in [5.74, 6) is 0. The fourth-order valence-electron chi connectivity index (χ4n) is 2.04. The number of hydrogen-bond donors (Lipinski definition) is 2. The summed E-state index contributed by atoms with van der Waals surface area (Å²) in [4.78, 5) is 0.365. The van der Waals surface area contributed by atoms with Crippen LogP contribution in [-0.4, -0.2) is 26.8 Å². The molecule has 0 saturated heterocycles. The molecule has 4 nitrogen and oxygen atoms in total. The summed E-state index contributed by atoms with van der Waals surface area (Å²) in [5, 5.41) is -0.405. The summed E-state index contributed by atoms with van der Waals surface area (Å²) in [6.45, 7) is 0.667. The van der Waals surface area contributed by atoms with Gasteiger partial charge < -0.3 is 11.5 Å². The first-order valence-electron chi connectivity index (χ1n) is 5.26. The van der Waals surface area contributed by atoms with Crippen LogP contribution >= 0.6 is 0 Å². The van der Waals surface area contributed by atoms with Crippen LogP contribution in [0.5, 0.6) is 0 Å².